The highest BCUT2D eigenvalue weighted by Crippen LogP contribution is 2.15. The zero-order valence-electron chi connectivity index (χ0n) is 21.2. The largest absolute Gasteiger partial charge is 0.481 e. The number of allylic oxidation sites excluding steroid dienone is 1. The highest BCUT2D eigenvalue weighted by Gasteiger charge is 2.16. The van der Waals surface area contributed by atoms with Crippen molar-refractivity contribution in [2.75, 3.05) is 6.61 Å². The van der Waals surface area contributed by atoms with Gasteiger partial charge in [0.2, 0.25) is 0 Å². The zero-order chi connectivity index (χ0) is 26.6. The number of ether oxygens (including phenoxy) is 2. The molecule has 0 unspecified atom stereocenters. The molecule has 0 amide bonds. The van der Waals surface area contributed by atoms with E-state index in [-0.39, 0.29) is 23.8 Å². The lowest BCUT2D eigenvalue weighted by Crippen LogP contribution is -2.23. The summed E-state index contributed by atoms with van der Waals surface area (Å²) >= 11 is 0. The van der Waals surface area contributed by atoms with E-state index in [2.05, 4.69) is 13.0 Å². The monoisotopic (exact) mass is 505 g/mol. The van der Waals surface area contributed by atoms with Crippen LogP contribution in [0.1, 0.15) is 101 Å². The Balaban J connectivity index is 2.40. The minimum absolute atomic E-state index is 0.120. The lowest BCUT2D eigenvalue weighted by atomic mass is 10.1. The number of hydrogen-bond acceptors (Lipinski definition) is 7. The molecule has 9 heteroatoms. The van der Waals surface area contributed by atoms with Crippen LogP contribution in [0.3, 0.4) is 0 Å². The van der Waals surface area contributed by atoms with Crippen molar-refractivity contribution in [2.24, 2.45) is 0 Å². The van der Waals surface area contributed by atoms with Crippen molar-refractivity contribution in [3.63, 3.8) is 0 Å². The van der Waals surface area contributed by atoms with Gasteiger partial charge in [0.1, 0.15) is 6.10 Å². The predicted octanol–water partition coefficient (Wildman–Crippen LogP) is 6.40. The summed E-state index contributed by atoms with van der Waals surface area (Å²) in [5.41, 5.74) is -0.0185. The summed E-state index contributed by atoms with van der Waals surface area (Å²) in [4.78, 5) is 45.0. The van der Waals surface area contributed by atoms with E-state index < -0.39 is 29.4 Å². The number of aliphatic carboxylic acids is 1. The topological polar surface area (TPSA) is 133 Å². The molecule has 0 aromatic heterocycles. The first-order valence-corrected chi connectivity index (χ1v) is 12.8. The first-order valence-electron chi connectivity index (χ1n) is 12.8. The van der Waals surface area contributed by atoms with Crippen LogP contribution >= 0.6 is 0 Å². The summed E-state index contributed by atoms with van der Waals surface area (Å²) in [6.07, 6.45) is 15.3. The Morgan fingerprint density at radius 1 is 0.972 bits per heavy atom. The molecule has 36 heavy (non-hydrogen) atoms. The van der Waals surface area contributed by atoms with Crippen LogP contribution in [0.4, 0.5) is 5.69 Å². The lowest BCUT2D eigenvalue weighted by Gasteiger charge is -2.16. The number of rotatable bonds is 20. The molecule has 1 N–H and O–H groups in total. The van der Waals surface area contributed by atoms with Crippen molar-refractivity contribution in [3.05, 3.63) is 52.1 Å². The molecule has 0 aliphatic rings. The normalized spacial score (nSPS) is 11.8. The first kappa shape index (κ1) is 30.8. The van der Waals surface area contributed by atoms with Crippen molar-refractivity contribution in [1.82, 2.24) is 0 Å². The summed E-state index contributed by atoms with van der Waals surface area (Å²) in [5, 5.41) is 19.3. The number of carboxylic acid groups (broad SMARTS) is 1. The number of nitro benzene ring substituents is 1. The molecule has 0 bridgehead atoms. The molecule has 0 aliphatic heterocycles. The molecular formula is C27H39NO8. The van der Waals surface area contributed by atoms with Gasteiger partial charge in [0.05, 0.1) is 10.5 Å². The number of non-ortho nitro benzene ring substituents is 1. The molecule has 1 aromatic rings. The van der Waals surface area contributed by atoms with E-state index in [4.69, 9.17) is 14.6 Å². The van der Waals surface area contributed by atoms with Gasteiger partial charge in [-0.2, -0.15) is 0 Å². The van der Waals surface area contributed by atoms with Crippen LogP contribution in [0.15, 0.2) is 36.4 Å². The lowest BCUT2D eigenvalue weighted by molar-refractivity contribution is -0.384. The maximum atomic E-state index is 12.3. The van der Waals surface area contributed by atoms with Gasteiger partial charge in [-0.25, -0.2) is 9.59 Å². The summed E-state index contributed by atoms with van der Waals surface area (Å²) in [5.74, 6) is -2.12. The number of carboxylic acids is 1. The maximum absolute atomic E-state index is 12.3. The number of carbonyl (C=O) groups is 3. The average Bonchev–Trinajstić information content (AvgIpc) is 2.85. The maximum Gasteiger partial charge on any atom is 0.344 e. The quantitative estimate of drug-likeness (QED) is 0.0708. The van der Waals surface area contributed by atoms with Crippen LogP contribution in [0.5, 0.6) is 0 Å². The van der Waals surface area contributed by atoms with E-state index in [1.165, 1.54) is 24.3 Å². The third-order valence-corrected chi connectivity index (χ3v) is 5.64. The Bertz CT molecular complexity index is 835. The summed E-state index contributed by atoms with van der Waals surface area (Å²) in [6, 6.07) is 4.96. The Morgan fingerprint density at radius 3 is 2.31 bits per heavy atom. The molecule has 1 atom stereocenters. The highest BCUT2D eigenvalue weighted by molar-refractivity contribution is 5.91. The smallest absolute Gasteiger partial charge is 0.344 e. The molecule has 0 saturated carbocycles. The Kier molecular flexibility index (Phi) is 16.3. The molecule has 0 spiro atoms. The van der Waals surface area contributed by atoms with E-state index in [0.717, 1.165) is 70.6 Å². The third kappa shape index (κ3) is 14.9. The molecule has 1 rings (SSSR count). The van der Waals surface area contributed by atoms with Gasteiger partial charge in [-0.1, -0.05) is 57.6 Å². The highest BCUT2D eigenvalue weighted by atomic mass is 16.6. The van der Waals surface area contributed by atoms with E-state index in [0.29, 0.717) is 6.42 Å². The molecule has 0 saturated heterocycles. The van der Waals surface area contributed by atoms with Gasteiger partial charge in [0.15, 0.2) is 6.61 Å². The van der Waals surface area contributed by atoms with Crippen LogP contribution < -0.4 is 0 Å². The second kappa shape index (κ2) is 19.0. The van der Waals surface area contributed by atoms with Gasteiger partial charge in [-0.05, 0) is 44.2 Å². The van der Waals surface area contributed by atoms with E-state index in [9.17, 15) is 24.5 Å². The van der Waals surface area contributed by atoms with Crippen LogP contribution in [-0.4, -0.2) is 40.6 Å². The van der Waals surface area contributed by atoms with E-state index in [1.807, 2.05) is 6.08 Å². The number of nitrogens with zero attached hydrogens (tertiary/aromatic N) is 1. The number of benzene rings is 1. The van der Waals surface area contributed by atoms with Crippen molar-refractivity contribution in [2.45, 2.75) is 96.5 Å². The predicted molar refractivity (Wildman–Crippen MR) is 136 cm³/mol. The molecule has 200 valence electrons. The molecule has 0 aliphatic carbocycles. The Hall–Kier alpha value is -3.23. The van der Waals surface area contributed by atoms with Crippen molar-refractivity contribution >= 4 is 23.6 Å². The third-order valence-electron chi connectivity index (χ3n) is 5.64. The van der Waals surface area contributed by atoms with Gasteiger partial charge < -0.3 is 14.6 Å². The number of carbonyl (C=O) groups excluding carboxylic acids is 2. The van der Waals surface area contributed by atoms with Crippen LogP contribution in [0, 0.1) is 10.1 Å². The fourth-order valence-electron chi connectivity index (χ4n) is 3.61. The number of unbranched alkanes of at least 4 members (excludes halogenated alkanes) is 8. The summed E-state index contributed by atoms with van der Waals surface area (Å²) in [7, 11) is 0. The average molecular weight is 506 g/mol. The van der Waals surface area contributed by atoms with Crippen molar-refractivity contribution in [1.29, 1.82) is 0 Å². The molecule has 9 nitrogen and oxygen atoms in total. The van der Waals surface area contributed by atoms with Crippen LogP contribution in [-0.2, 0) is 19.1 Å². The second-order valence-corrected chi connectivity index (χ2v) is 8.75. The minimum atomic E-state index is -0.746. The second-order valence-electron chi connectivity index (χ2n) is 8.75. The Morgan fingerprint density at radius 2 is 1.64 bits per heavy atom. The standard InChI is InChI=1S/C27H39NO8/c1-2-3-4-11-14-24(15-12-9-7-5-6-8-10-13-16-25(29)30)36-26(31)21-35-27(32)22-17-19-23(20-18-22)28(33)34/h9,12,17-20,24H,2-8,10-11,13-16,21H2,1H3,(H,29,30)/b12-9-/t24-/m1/s1. The Labute approximate surface area is 213 Å². The molecule has 0 radical (unpaired) electrons. The van der Waals surface area contributed by atoms with Gasteiger partial charge in [-0.15, -0.1) is 0 Å². The van der Waals surface area contributed by atoms with Crippen LogP contribution in [0.2, 0.25) is 0 Å². The first-order chi connectivity index (χ1) is 17.3. The molecule has 1 aromatic carbocycles. The molecule has 0 heterocycles. The van der Waals surface area contributed by atoms with Crippen molar-refractivity contribution < 1.29 is 33.9 Å². The van der Waals surface area contributed by atoms with Crippen molar-refractivity contribution in [3.8, 4) is 0 Å². The van der Waals surface area contributed by atoms with E-state index in [1.54, 1.807) is 0 Å². The summed E-state index contributed by atoms with van der Waals surface area (Å²) in [6.45, 7) is 1.61. The molecular weight excluding hydrogens is 466 g/mol. The minimum Gasteiger partial charge on any atom is -0.481 e. The number of esters is 2. The van der Waals surface area contributed by atoms with Gasteiger partial charge in [0.25, 0.3) is 5.69 Å². The van der Waals surface area contributed by atoms with Crippen LogP contribution in [0.25, 0.3) is 0 Å². The number of hydrogen-bond donors (Lipinski definition) is 1. The fraction of sp³-hybridized carbons (Fsp3) is 0.593. The summed E-state index contributed by atoms with van der Waals surface area (Å²) < 4.78 is 10.6. The van der Waals surface area contributed by atoms with Gasteiger partial charge in [0, 0.05) is 25.0 Å². The van der Waals surface area contributed by atoms with E-state index >= 15 is 0 Å². The fourth-order valence-corrected chi connectivity index (χ4v) is 3.61. The zero-order valence-corrected chi connectivity index (χ0v) is 21.2. The molecule has 0 fully saturated rings. The number of nitro groups is 1. The SMILES string of the molecule is CCCCCC[C@H](C/C=C\CCCCCCCC(=O)O)OC(=O)COC(=O)c1ccc([N+](=O)[O-])cc1. The van der Waals surface area contributed by atoms with Gasteiger partial charge >= 0.3 is 17.9 Å². The van der Waals surface area contributed by atoms with Gasteiger partial charge in [-0.3, -0.25) is 14.9 Å².